The smallest absolute Gasteiger partial charge is 0.391 e. The average Bonchev–Trinajstić information content (AvgIpc) is 2.56. The lowest BCUT2D eigenvalue weighted by molar-refractivity contribution is -0.933. The van der Waals surface area contributed by atoms with Gasteiger partial charge in [0, 0.05) is 27.2 Å². The molecule has 2 unspecified atom stereocenters. The predicted molar refractivity (Wildman–Crippen MR) is 79.8 cm³/mol. The Hall–Kier alpha value is -1.64. The van der Waals surface area contributed by atoms with Crippen LogP contribution >= 0.6 is 11.8 Å². The molecule has 7 nitrogen and oxygen atoms in total. The number of carboxylic acids is 1. The highest BCUT2D eigenvalue weighted by atomic mass is 32.2. The van der Waals surface area contributed by atoms with E-state index in [-0.39, 0.29) is 30.0 Å². The molecule has 3 N–H and O–H groups in total. The molecule has 2 heterocycles. The second-order valence-electron chi connectivity index (χ2n) is 5.96. The summed E-state index contributed by atoms with van der Waals surface area (Å²) < 4.78 is -0.558. The molecule has 0 bridgehead atoms. The number of nitrogens with one attached hydrogen (secondary N) is 1. The third-order valence-electron chi connectivity index (χ3n) is 4.02. The highest BCUT2D eigenvalue weighted by Crippen LogP contribution is 2.54. The molecule has 0 radical (unpaired) electrons. The van der Waals surface area contributed by atoms with E-state index in [1.54, 1.807) is 0 Å². The molecule has 8 heteroatoms. The molecule has 0 aromatic rings. The number of carboxylic acid groups (broad SMARTS) is 1. The first-order valence-electron chi connectivity index (χ1n) is 6.77. The van der Waals surface area contributed by atoms with Crippen molar-refractivity contribution >= 4 is 29.5 Å². The van der Waals surface area contributed by atoms with Crippen LogP contribution < -0.4 is 5.32 Å². The first kappa shape index (κ1) is 16.7. The van der Waals surface area contributed by atoms with E-state index in [0.29, 0.717) is 16.4 Å². The zero-order valence-electron chi connectivity index (χ0n) is 12.7. The number of quaternary nitrogens is 1. The Morgan fingerprint density at radius 2 is 2.00 bits per heavy atom. The summed E-state index contributed by atoms with van der Waals surface area (Å²) >= 11 is 1.03. The molecule has 2 rings (SSSR count). The van der Waals surface area contributed by atoms with Crippen molar-refractivity contribution in [3.05, 3.63) is 22.2 Å². The topological polar surface area (TPSA) is 104 Å². The summed E-state index contributed by atoms with van der Waals surface area (Å²) in [6, 6.07) is -0.286. The van der Waals surface area contributed by atoms with E-state index in [9.17, 15) is 24.6 Å². The molecule has 1 fully saturated rings. The van der Waals surface area contributed by atoms with E-state index in [0.717, 1.165) is 11.8 Å². The van der Waals surface area contributed by atoms with E-state index in [2.05, 4.69) is 11.9 Å². The third-order valence-corrected chi connectivity index (χ3v) is 4.97. The van der Waals surface area contributed by atoms with Crippen molar-refractivity contribution in [2.45, 2.75) is 45.4 Å². The lowest BCUT2D eigenvalue weighted by Crippen LogP contribution is -2.75. The Labute approximate surface area is 132 Å². The highest BCUT2D eigenvalue weighted by Gasteiger charge is 2.71. The minimum absolute atomic E-state index is 0.120. The number of nitrogens with zero attached hydrogens (tertiary/aromatic N) is 1. The number of rotatable bonds is 5. The van der Waals surface area contributed by atoms with Gasteiger partial charge in [-0.15, -0.1) is 0 Å². The summed E-state index contributed by atoms with van der Waals surface area (Å²) in [7, 11) is 0. The monoisotopic (exact) mass is 327 g/mol. The van der Waals surface area contributed by atoms with Crippen molar-refractivity contribution < 1.29 is 29.1 Å². The number of thioether (sulfide) groups is 1. The Balaban J connectivity index is 2.45. The highest BCUT2D eigenvalue weighted by molar-refractivity contribution is 8.06. The molecule has 0 saturated carbocycles. The quantitative estimate of drug-likeness (QED) is 0.511. The summed E-state index contributed by atoms with van der Waals surface area (Å²) in [5, 5.41) is 22.8. The standard InChI is InChI=1S/C14H18N2O5S/c1-7(17)15-8(2)22-10-5-9-6-11(18)16(9,14(3,4)21)12(10)13(19)20/h9,21H,2,5-6H2,1,3-4H3,(H-,15,17,19,20)/p+1. The summed E-state index contributed by atoms with van der Waals surface area (Å²) in [5.74, 6) is -1.86. The Bertz CT molecular complexity index is 619. The van der Waals surface area contributed by atoms with Gasteiger partial charge >= 0.3 is 11.9 Å². The summed E-state index contributed by atoms with van der Waals surface area (Å²) in [4.78, 5) is 35.4. The van der Waals surface area contributed by atoms with Crippen LogP contribution in [0.5, 0.6) is 0 Å². The van der Waals surface area contributed by atoms with Crippen LogP contribution in [0.1, 0.15) is 33.6 Å². The molecule has 1 saturated heterocycles. The fourth-order valence-corrected chi connectivity index (χ4v) is 4.45. The van der Waals surface area contributed by atoms with Crippen molar-refractivity contribution in [1.82, 2.24) is 5.32 Å². The molecule has 0 spiro atoms. The summed E-state index contributed by atoms with van der Waals surface area (Å²) in [5.41, 5.74) is -1.64. The van der Waals surface area contributed by atoms with Crippen LogP contribution in [0.25, 0.3) is 0 Å². The number of aliphatic hydroxyl groups is 1. The van der Waals surface area contributed by atoms with Crippen molar-refractivity contribution in [2.24, 2.45) is 0 Å². The van der Waals surface area contributed by atoms with E-state index >= 15 is 0 Å². The molecule has 22 heavy (non-hydrogen) atoms. The average molecular weight is 327 g/mol. The number of carbonyl (C=O) groups is 3. The number of carbonyl (C=O) groups excluding carboxylic acids is 2. The zero-order chi connectivity index (χ0) is 16.9. The number of fused-ring (bicyclic) bond motifs is 1. The molecule has 2 aliphatic heterocycles. The lowest BCUT2D eigenvalue weighted by atomic mass is 9.92. The van der Waals surface area contributed by atoms with Gasteiger partial charge in [0.2, 0.25) is 17.3 Å². The Morgan fingerprint density at radius 3 is 2.41 bits per heavy atom. The first-order chi connectivity index (χ1) is 10.0. The molecule has 2 amide bonds. The van der Waals surface area contributed by atoms with E-state index in [1.807, 2.05) is 0 Å². The van der Waals surface area contributed by atoms with Crippen molar-refractivity contribution in [2.75, 3.05) is 0 Å². The maximum atomic E-state index is 12.2. The first-order valence-corrected chi connectivity index (χ1v) is 7.59. The zero-order valence-corrected chi connectivity index (χ0v) is 13.5. The van der Waals surface area contributed by atoms with Gasteiger partial charge < -0.3 is 15.5 Å². The Morgan fingerprint density at radius 1 is 1.41 bits per heavy atom. The molecule has 0 aromatic heterocycles. The minimum atomic E-state index is -1.52. The van der Waals surface area contributed by atoms with Gasteiger partial charge in [0.15, 0.2) is 0 Å². The predicted octanol–water partition coefficient (Wildman–Crippen LogP) is 0.871. The number of β-lactam (4-membered cyclic amide) rings is 1. The summed E-state index contributed by atoms with van der Waals surface area (Å²) in [6.07, 6.45) is 0.595. The van der Waals surface area contributed by atoms with Gasteiger partial charge in [0.1, 0.15) is 12.5 Å². The fourth-order valence-electron chi connectivity index (χ4n) is 3.35. The second kappa shape index (κ2) is 5.22. The largest absolute Gasteiger partial charge is 0.474 e. The number of hydrogen-bond acceptors (Lipinski definition) is 5. The SMILES string of the molecule is C=C(NC(C)=O)SC1=C(C(=O)O)[N+]2(C(C)(C)O)C(=O)CC2C1. The maximum Gasteiger partial charge on any atom is 0.391 e. The minimum Gasteiger partial charge on any atom is -0.474 e. The van der Waals surface area contributed by atoms with Crippen LogP contribution in [0, 0.1) is 0 Å². The molecule has 120 valence electrons. The van der Waals surface area contributed by atoms with Gasteiger partial charge in [-0.3, -0.25) is 4.79 Å². The van der Waals surface area contributed by atoms with Crippen LogP contribution in [0.15, 0.2) is 22.2 Å². The van der Waals surface area contributed by atoms with E-state index in [4.69, 9.17) is 0 Å². The Kier molecular flexibility index (Phi) is 3.97. The van der Waals surface area contributed by atoms with Gasteiger partial charge in [-0.1, -0.05) is 18.3 Å². The molecule has 0 aromatic carbocycles. The second-order valence-corrected chi connectivity index (χ2v) is 7.15. The van der Waals surface area contributed by atoms with Crippen LogP contribution in [-0.4, -0.2) is 44.2 Å². The van der Waals surface area contributed by atoms with Crippen LogP contribution in [0.4, 0.5) is 0 Å². The normalized spacial score (nSPS) is 27.3. The van der Waals surface area contributed by atoms with Crippen molar-refractivity contribution in [1.29, 1.82) is 0 Å². The van der Waals surface area contributed by atoms with Gasteiger partial charge in [0.25, 0.3) is 0 Å². The van der Waals surface area contributed by atoms with E-state index in [1.165, 1.54) is 20.8 Å². The summed E-state index contributed by atoms with van der Waals surface area (Å²) in [6.45, 7) is 7.89. The number of aliphatic carboxylic acids is 1. The van der Waals surface area contributed by atoms with E-state index < -0.39 is 16.2 Å². The van der Waals surface area contributed by atoms with Gasteiger partial charge in [0.05, 0.1) is 9.93 Å². The molecular formula is C14H19N2O5S+. The van der Waals surface area contributed by atoms with Crippen LogP contribution in [0.3, 0.4) is 0 Å². The third kappa shape index (κ3) is 2.27. The maximum absolute atomic E-state index is 12.2. The fraction of sp³-hybridized carbons (Fsp3) is 0.500. The van der Waals surface area contributed by atoms with Gasteiger partial charge in [-0.05, 0) is 0 Å². The molecule has 0 aliphatic carbocycles. The van der Waals surface area contributed by atoms with Gasteiger partial charge in [-0.2, -0.15) is 4.48 Å². The number of amides is 2. The van der Waals surface area contributed by atoms with Crippen molar-refractivity contribution in [3.8, 4) is 0 Å². The van der Waals surface area contributed by atoms with Crippen LogP contribution in [0.2, 0.25) is 0 Å². The molecular weight excluding hydrogens is 308 g/mol. The van der Waals surface area contributed by atoms with Crippen LogP contribution in [-0.2, 0) is 14.4 Å². The molecule has 2 atom stereocenters. The molecule has 2 aliphatic rings. The lowest BCUT2D eigenvalue weighted by Gasteiger charge is -2.51. The van der Waals surface area contributed by atoms with Crippen molar-refractivity contribution in [3.63, 3.8) is 0 Å². The van der Waals surface area contributed by atoms with Gasteiger partial charge in [-0.25, -0.2) is 9.59 Å². The number of hydrogen-bond donors (Lipinski definition) is 3.